The highest BCUT2D eigenvalue weighted by atomic mass is 16.5. The molecule has 304 valence electrons. The van der Waals surface area contributed by atoms with Gasteiger partial charge in [-0.1, -0.05) is 174 Å². The molecule has 0 radical (unpaired) electrons. The molecule has 0 aromatic heterocycles. The summed E-state index contributed by atoms with van der Waals surface area (Å²) < 4.78 is 13.5. The SMILES string of the molecule is CCCCCCCC/C=C\CCCCCCCCOCC(C[N+](C)(C)C(N)CC(C)(C)C)OCCCCCCCC/C=C\CCCCCCCC. The molecule has 0 aliphatic rings. The van der Waals surface area contributed by atoms with Gasteiger partial charge in [-0.3, -0.25) is 5.73 Å². The van der Waals surface area contributed by atoms with Gasteiger partial charge in [0.25, 0.3) is 0 Å². The molecule has 2 N–H and O–H groups in total. The van der Waals surface area contributed by atoms with Gasteiger partial charge in [0.15, 0.2) is 0 Å². The Morgan fingerprint density at radius 1 is 0.510 bits per heavy atom. The smallest absolute Gasteiger partial charge is 0.140 e. The van der Waals surface area contributed by atoms with Gasteiger partial charge in [-0.2, -0.15) is 0 Å². The van der Waals surface area contributed by atoms with Crippen LogP contribution >= 0.6 is 0 Å². The summed E-state index contributed by atoms with van der Waals surface area (Å²) in [4.78, 5) is 0. The van der Waals surface area contributed by atoms with Gasteiger partial charge in [0.2, 0.25) is 0 Å². The van der Waals surface area contributed by atoms with Gasteiger partial charge in [0, 0.05) is 19.6 Å². The number of quaternary nitrogens is 1. The number of unbranched alkanes of at least 4 members (excludes halogenated alkanes) is 24. The number of hydrogen-bond donors (Lipinski definition) is 1. The molecule has 0 aliphatic heterocycles. The van der Waals surface area contributed by atoms with Crippen LogP contribution in [0.25, 0.3) is 0 Å². The van der Waals surface area contributed by atoms with Crippen molar-refractivity contribution < 1.29 is 14.0 Å². The number of nitrogens with zero attached hydrogens (tertiary/aromatic N) is 1. The molecule has 2 atom stereocenters. The Hall–Kier alpha value is -0.680. The summed E-state index contributed by atoms with van der Waals surface area (Å²) in [5, 5.41) is 0. The first kappa shape index (κ1) is 50.3. The Kier molecular flexibility index (Phi) is 35.8. The van der Waals surface area contributed by atoms with Crippen LogP contribution in [0.2, 0.25) is 0 Å². The van der Waals surface area contributed by atoms with Crippen molar-refractivity contribution in [2.24, 2.45) is 11.1 Å². The van der Waals surface area contributed by atoms with Crippen LogP contribution in [0, 0.1) is 5.41 Å². The van der Waals surface area contributed by atoms with Crippen LogP contribution in [0.4, 0.5) is 0 Å². The molecule has 0 aromatic rings. The number of hydrogen-bond acceptors (Lipinski definition) is 3. The Labute approximate surface area is 322 Å². The van der Waals surface area contributed by atoms with Gasteiger partial charge < -0.3 is 14.0 Å². The molecule has 0 aromatic carbocycles. The molecule has 2 unspecified atom stereocenters. The maximum atomic E-state index is 6.75. The summed E-state index contributed by atoms with van der Waals surface area (Å²) >= 11 is 0. The number of ether oxygens (including phenoxy) is 2. The van der Waals surface area contributed by atoms with Gasteiger partial charge in [-0.05, 0) is 69.6 Å². The van der Waals surface area contributed by atoms with Crippen LogP contribution in [0.15, 0.2) is 24.3 Å². The Morgan fingerprint density at radius 3 is 1.25 bits per heavy atom. The first-order valence-electron chi connectivity index (χ1n) is 22.7. The van der Waals surface area contributed by atoms with E-state index in [0.29, 0.717) is 6.61 Å². The molecule has 4 heteroatoms. The molecule has 0 saturated carbocycles. The first-order valence-corrected chi connectivity index (χ1v) is 22.7. The zero-order valence-electron chi connectivity index (χ0n) is 36.1. The lowest BCUT2D eigenvalue weighted by Gasteiger charge is -2.40. The van der Waals surface area contributed by atoms with E-state index in [1.165, 1.54) is 167 Å². The molecule has 0 saturated heterocycles. The predicted molar refractivity (Wildman–Crippen MR) is 228 cm³/mol. The molecule has 0 bridgehead atoms. The highest BCUT2D eigenvalue weighted by molar-refractivity contribution is 4.82. The van der Waals surface area contributed by atoms with Gasteiger partial charge in [-0.25, -0.2) is 0 Å². The van der Waals surface area contributed by atoms with Gasteiger partial charge >= 0.3 is 0 Å². The largest absolute Gasteiger partial charge is 0.379 e. The van der Waals surface area contributed by atoms with Crippen LogP contribution in [-0.2, 0) is 9.47 Å². The van der Waals surface area contributed by atoms with E-state index in [2.05, 4.69) is 73.0 Å². The lowest BCUT2D eigenvalue weighted by molar-refractivity contribution is -0.918. The van der Waals surface area contributed by atoms with Crippen molar-refractivity contribution in [1.29, 1.82) is 0 Å². The third-order valence-corrected chi connectivity index (χ3v) is 10.5. The molecule has 0 rings (SSSR count). The minimum Gasteiger partial charge on any atom is -0.379 e. The molecular formula is C47H95N2O2+. The maximum Gasteiger partial charge on any atom is 0.140 e. The summed E-state index contributed by atoms with van der Waals surface area (Å²) in [6.07, 6.45) is 48.2. The second-order valence-corrected chi connectivity index (χ2v) is 17.7. The fraction of sp³-hybridized carbons (Fsp3) is 0.915. The van der Waals surface area contributed by atoms with E-state index in [-0.39, 0.29) is 17.7 Å². The molecule has 0 heterocycles. The van der Waals surface area contributed by atoms with Crippen LogP contribution in [0.3, 0.4) is 0 Å². The zero-order valence-corrected chi connectivity index (χ0v) is 36.1. The van der Waals surface area contributed by atoms with Crippen molar-refractivity contribution in [3.63, 3.8) is 0 Å². The molecule has 0 spiro atoms. The van der Waals surface area contributed by atoms with Crippen molar-refractivity contribution in [2.75, 3.05) is 40.5 Å². The van der Waals surface area contributed by atoms with E-state index in [9.17, 15) is 0 Å². The third kappa shape index (κ3) is 37.4. The molecule has 0 aliphatic carbocycles. The van der Waals surface area contributed by atoms with E-state index >= 15 is 0 Å². The third-order valence-electron chi connectivity index (χ3n) is 10.5. The summed E-state index contributed by atoms with van der Waals surface area (Å²) in [5.74, 6) is 0. The minimum atomic E-state index is 0.0947. The van der Waals surface area contributed by atoms with Crippen molar-refractivity contribution in [3.8, 4) is 0 Å². The van der Waals surface area contributed by atoms with Crippen LogP contribution in [0.1, 0.15) is 221 Å². The monoisotopic (exact) mass is 720 g/mol. The number of nitrogens with two attached hydrogens (primary N) is 1. The molecule has 0 fully saturated rings. The van der Waals surface area contributed by atoms with Crippen molar-refractivity contribution in [3.05, 3.63) is 24.3 Å². The topological polar surface area (TPSA) is 44.5 Å². The quantitative estimate of drug-likeness (QED) is 0.0298. The Morgan fingerprint density at radius 2 is 0.863 bits per heavy atom. The molecule has 51 heavy (non-hydrogen) atoms. The van der Waals surface area contributed by atoms with Crippen molar-refractivity contribution in [1.82, 2.24) is 0 Å². The summed E-state index contributed by atoms with van der Waals surface area (Å²) in [7, 11) is 4.53. The Bertz CT molecular complexity index is 756. The number of allylic oxidation sites excluding steroid dienone is 4. The van der Waals surface area contributed by atoms with E-state index < -0.39 is 0 Å². The Balaban J connectivity index is 4.15. The van der Waals surface area contributed by atoms with Crippen molar-refractivity contribution >= 4 is 0 Å². The van der Waals surface area contributed by atoms with Gasteiger partial charge in [0.1, 0.15) is 18.8 Å². The van der Waals surface area contributed by atoms with Gasteiger partial charge in [0.05, 0.1) is 20.7 Å². The standard InChI is InChI=1S/C47H95N2O2/c1-8-10-12-14-16-18-20-22-24-26-28-30-32-34-36-38-40-50-44-45(43-49(6,7)46(48)42-47(3,4)5)51-41-39-37-35-33-31-29-27-25-23-21-19-17-15-13-11-9-2/h22-25,45-46H,8-21,26-44,48H2,1-7H3/q+1/b24-22-,25-23-. The predicted octanol–water partition coefficient (Wildman–Crippen LogP) is 14.3. The second kappa shape index (κ2) is 36.3. The summed E-state index contributed by atoms with van der Waals surface area (Å²) in [6.45, 7) is 14.7. The summed E-state index contributed by atoms with van der Waals surface area (Å²) in [6, 6.07) is 0. The van der Waals surface area contributed by atoms with Gasteiger partial charge in [-0.15, -0.1) is 0 Å². The highest BCUT2D eigenvalue weighted by Gasteiger charge is 2.32. The second-order valence-electron chi connectivity index (χ2n) is 17.7. The number of likely N-dealkylation sites (N-methyl/N-ethyl adjacent to an activating group) is 1. The molecular weight excluding hydrogens is 625 g/mol. The van der Waals surface area contributed by atoms with E-state index in [4.69, 9.17) is 15.2 Å². The van der Waals surface area contributed by atoms with Crippen LogP contribution in [0.5, 0.6) is 0 Å². The van der Waals surface area contributed by atoms with Crippen molar-refractivity contribution in [2.45, 2.75) is 233 Å². The molecule has 0 amide bonds. The lowest BCUT2D eigenvalue weighted by atomic mass is 9.90. The van der Waals surface area contributed by atoms with Crippen LogP contribution in [-0.4, -0.2) is 57.2 Å². The number of rotatable bonds is 39. The van der Waals surface area contributed by atoms with E-state index in [0.717, 1.165) is 43.5 Å². The highest BCUT2D eigenvalue weighted by Crippen LogP contribution is 2.24. The fourth-order valence-corrected chi connectivity index (χ4v) is 6.95. The minimum absolute atomic E-state index is 0.0947. The summed E-state index contributed by atoms with van der Waals surface area (Å²) in [5.41, 5.74) is 6.97. The maximum absolute atomic E-state index is 6.75. The lowest BCUT2D eigenvalue weighted by Crippen LogP contribution is -2.58. The van der Waals surface area contributed by atoms with E-state index in [1.807, 2.05) is 0 Å². The molecule has 4 nitrogen and oxygen atoms in total. The first-order chi connectivity index (χ1) is 24.6. The average molecular weight is 720 g/mol. The zero-order chi connectivity index (χ0) is 37.7. The van der Waals surface area contributed by atoms with Crippen LogP contribution < -0.4 is 5.73 Å². The average Bonchev–Trinajstić information content (AvgIpc) is 3.08. The normalized spacial score (nSPS) is 14.0. The fourth-order valence-electron chi connectivity index (χ4n) is 6.95. The van der Waals surface area contributed by atoms with E-state index in [1.54, 1.807) is 0 Å².